The monoisotopic (exact) mass is 252 g/mol. The number of nitrogens with zero attached hydrogens (tertiary/aromatic N) is 1. The summed E-state index contributed by atoms with van der Waals surface area (Å²) in [5, 5.41) is 0. The van der Waals surface area contributed by atoms with Gasteiger partial charge < -0.3 is 15.4 Å². The van der Waals surface area contributed by atoms with E-state index in [0.29, 0.717) is 18.8 Å². The zero-order valence-electron chi connectivity index (χ0n) is 11.2. The second-order valence-corrected chi connectivity index (χ2v) is 5.53. The molecule has 1 heterocycles. The van der Waals surface area contributed by atoms with Gasteiger partial charge in [-0.2, -0.15) is 0 Å². The van der Waals surface area contributed by atoms with Crippen molar-refractivity contribution < 1.29 is 9.13 Å². The third kappa shape index (κ3) is 2.82. The Bertz CT molecular complexity index is 432. The molecule has 1 aliphatic heterocycles. The maximum absolute atomic E-state index is 14.1. The van der Waals surface area contributed by atoms with Gasteiger partial charge >= 0.3 is 0 Å². The van der Waals surface area contributed by atoms with Gasteiger partial charge in [0.05, 0.1) is 17.9 Å². The minimum atomic E-state index is -0.232. The Morgan fingerprint density at radius 2 is 2.17 bits per heavy atom. The Kier molecular flexibility index (Phi) is 3.59. The lowest BCUT2D eigenvalue weighted by atomic mass is 10.0. The Morgan fingerprint density at radius 3 is 2.72 bits per heavy atom. The van der Waals surface area contributed by atoms with Crippen molar-refractivity contribution in [1.29, 1.82) is 0 Å². The average molecular weight is 252 g/mol. The lowest BCUT2D eigenvalue weighted by molar-refractivity contribution is -0.0278. The van der Waals surface area contributed by atoms with Crippen molar-refractivity contribution in [1.82, 2.24) is 0 Å². The van der Waals surface area contributed by atoms with Crippen LogP contribution in [0, 0.1) is 5.82 Å². The fraction of sp³-hybridized carbons (Fsp3) is 0.571. The summed E-state index contributed by atoms with van der Waals surface area (Å²) in [6.07, 6.45) is 0. The number of benzene rings is 1. The van der Waals surface area contributed by atoms with Crippen LogP contribution < -0.4 is 10.6 Å². The zero-order chi connectivity index (χ0) is 13.3. The molecule has 1 saturated heterocycles. The molecule has 1 atom stereocenters. The standard InChI is InChI=1S/C14H21FN2O/c1-10(16)11-4-5-13(12(15)8-11)17-6-7-18-14(2,3)9-17/h4-5,8,10H,6-7,9,16H2,1-3H3/t10-/m1/s1. The number of nitrogens with two attached hydrogens (primary N) is 1. The fourth-order valence-electron chi connectivity index (χ4n) is 2.28. The topological polar surface area (TPSA) is 38.5 Å². The molecule has 4 heteroatoms. The first kappa shape index (κ1) is 13.3. The van der Waals surface area contributed by atoms with Crippen LogP contribution in [-0.2, 0) is 4.74 Å². The summed E-state index contributed by atoms with van der Waals surface area (Å²) in [6, 6.07) is 5.10. The molecule has 3 nitrogen and oxygen atoms in total. The van der Waals surface area contributed by atoms with Gasteiger partial charge in [0.2, 0.25) is 0 Å². The number of morpholine rings is 1. The van der Waals surface area contributed by atoms with E-state index in [9.17, 15) is 4.39 Å². The third-order valence-electron chi connectivity index (χ3n) is 3.26. The van der Waals surface area contributed by atoms with Gasteiger partial charge in [-0.1, -0.05) is 6.07 Å². The molecule has 0 aliphatic carbocycles. The van der Waals surface area contributed by atoms with Crippen molar-refractivity contribution in [3.8, 4) is 0 Å². The molecule has 1 fully saturated rings. The smallest absolute Gasteiger partial charge is 0.146 e. The van der Waals surface area contributed by atoms with E-state index in [1.807, 2.05) is 37.8 Å². The minimum Gasteiger partial charge on any atom is -0.372 e. The Balaban J connectivity index is 2.23. The van der Waals surface area contributed by atoms with Crippen molar-refractivity contribution >= 4 is 5.69 Å². The van der Waals surface area contributed by atoms with Crippen LogP contribution in [-0.4, -0.2) is 25.3 Å². The maximum Gasteiger partial charge on any atom is 0.146 e. The zero-order valence-corrected chi connectivity index (χ0v) is 11.2. The van der Waals surface area contributed by atoms with E-state index < -0.39 is 0 Å². The van der Waals surface area contributed by atoms with Gasteiger partial charge in [-0.05, 0) is 38.5 Å². The predicted octanol–water partition coefficient (Wildman–Crippen LogP) is 2.46. The van der Waals surface area contributed by atoms with Crippen LogP contribution in [0.1, 0.15) is 32.4 Å². The molecule has 18 heavy (non-hydrogen) atoms. The van der Waals surface area contributed by atoms with Gasteiger partial charge in [-0.3, -0.25) is 0 Å². The molecule has 0 bridgehead atoms. The third-order valence-corrected chi connectivity index (χ3v) is 3.26. The number of anilines is 1. The van der Waals surface area contributed by atoms with Crippen LogP contribution in [0.15, 0.2) is 18.2 Å². The quantitative estimate of drug-likeness (QED) is 0.878. The molecule has 2 N–H and O–H groups in total. The summed E-state index contributed by atoms with van der Waals surface area (Å²) in [4.78, 5) is 2.03. The molecule has 1 aromatic rings. The van der Waals surface area contributed by atoms with Gasteiger partial charge in [0.15, 0.2) is 0 Å². The van der Waals surface area contributed by atoms with Gasteiger partial charge in [-0.15, -0.1) is 0 Å². The number of rotatable bonds is 2. The lowest BCUT2D eigenvalue weighted by Crippen LogP contribution is -2.48. The average Bonchev–Trinajstić information content (AvgIpc) is 2.27. The first-order valence-corrected chi connectivity index (χ1v) is 6.33. The van der Waals surface area contributed by atoms with Gasteiger partial charge in [0.1, 0.15) is 5.82 Å². The van der Waals surface area contributed by atoms with E-state index in [1.165, 1.54) is 6.07 Å². The first-order chi connectivity index (χ1) is 8.39. The number of halogens is 1. The van der Waals surface area contributed by atoms with Crippen molar-refractivity contribution in [2.45, 2.75) is 32.4 Å². The minimum absolute atomic E-state index is 0.144. The Morgan fingerprint density at radius 1 is 1.44 bits per heavy atom. The summed E-state index contributed by atoms with van der Waals surface area (Å²) in [7, 11) is 0. The van der Waals surface area contributed by atoms with E-state index in [4.69, 9.17) is 10.5 Å². The highest BCUT2D eigenvalue weighted by atomic mass is 19.1. The predicted molar refractivity (Wildman–Crippen MR) is 71.2 cm³/mol. The van der Waals surface area contributed by atoms with Crippen LogP contribution in [0.4, 0.5) is 10.1 Å². The van der Waals surface area contributed by atoms with Gasteiger partial charge in [0, 0.05) is 19.1 Å². The highest BCUT2D eigenvalue weighted by Crippen LogP contribution is 2.27. The fourth-order valence-corrected chi connectivity index (χ4v) is 2.28. The van der Waals surface area contributed by atoms with E-state index in [1.54, 1.807) is 0 Å². The largest absolute Gasteiger partial charge is 0.372 e. The Labute approximate surface area is 108 Å². The van der Waals surface area contributed by atoms with E-state index in [-0.39, 0.29) is 17.5 Å². The maximum atomic E-state index is 14.1. The molecule has 0 unspecified atom stereocenters. The van der Waals surface area contributed by atoms with Gasteiger partial charge in [0.25, 0.3) is 0 Å². The SMILES string of the molecule is C[C@@H](N)c1ccc(N2CCOC(C)(C)C2)c(F)c1. The van der Waals surface area contributed by atoms with Gasteiger partial charge in [-0.25, -0.2) is 4.39 Å². The van der Waals surface area contributed by atoms with Crippen molar-refractivity contribution in [3.63, 3.8) is 0 Å². The second-order valence-electron chi connectivity index (χ2n) is 5.53. The molecule has 0 radical (unpaired) electrons. The summed E-state index contributed by atoms with van der Waals surface area (Å²) in [5.41, 5.74) is 6.98. The van der Waals surface area contributed by atoms with Crippen LogP contribution in [0.3, 0.4) is 0 Å². The van der Waals surface area contributed by atoms with Crippen molar-refractivity contribution in [2.24, 2.45) is 5.73 Å². The number of ether oxygens (including phenoxy) is 1. The Hall–Kier alpha value is -1.13. The number of hydrogen-bond acceptors (Lipinski definition) is 3. The highest BCUT2D eigenvalue weighted by molar-refractivity contribution is 5.50. The van der Waals surface area contributed by atoms with Crippen molar-refractivity contribution in [3.05, 3.63) is 29.6 Å². The summed E-state index contributed by atoms with van der Waals surface area (Å²) in [6.45, 7) is 7.94. The first-order valence-electron chi connectivity index (χ1n) is 6.33. The van der Waals surface area contributed by atoms with Crippen molar-refractivity contribution in [2.75, 3.05) is 24.6 Å². The van der Waals surface area contributed by atoms with Crippen LogP contribution >= 0.6 is 0 Å². The molecule has 2 rings (SSSR count). The molecule has 0 amide bonds. The van der Waals surface area contributed by atoms with E-state index >= 15 is 0 Å². The highest BCUT2D eigenvalue weighted by Gasteiger charge is 2.28. The van der Waals surface area contributed by atoms with E-state index in [2.05, 4.69) is 0 Å². The van der Waals surface area contributed by atoms with Crippen LogP contribution in [0.5, 0.6) is 0 Å². The molecule has 1 aliphatic rings. The molecular formula is C14H21FN2O. The van der Waals surface area contributed by atoms with Crippen LogP contribution in [0.25, 0.3) is 0 Å². The van der Waals surface area contributed by atoms with E-state index in [0.717, 1.165) is 12.1 Å². The molecule has 0 aromatic heterocycles. The molecule has 0 spiro atoms. The molecule has 1 aromatic carbocycles. The molecule has 100 valence electrons. The molecular weight excluding hydrogens is 231 g/mol. The molecule has 0 saturated carbocycles. The summed E-state index contributed by atoms with van der Waals surface area (Å²) < 4.78 is 19.7. The number of hydrogen-bond donors (Lipinski definition) is 1. The summed E-state index contributed by atoms with van der Waals surface area (Å²) >= 11 is 0. The second kappa shape index (κ2) is 4.86. The normalized spacial score (nSPS) is 20.8. The summed E-state index contributed by atoms with van der Waals surface area (Å²) in [5.74, 6) is -0.206. The van der Waals surface area contributed by atoms with Crippen LogP contribution in [0.2, 0.25) is 0 Å². The lowest BCUT2D eigenvalue weighted by Gasteiger charge is -2.39.